The van der Waals surface area contributed by atoms with Crippen LogP contribution in [0.1, 0.15) is 21.5 Å². The highest BCUT2D eigenvalue weighted by Gasteiger charge is 2.10. The zero-order valence-electron chi connectivity index (χ0n) is 17.1. The third-order valence-corrected chi connectivity index (χ3v) is 5.62. The van der Waals surface area contributed by atoms with E-state index in [9.17, 15) is 9.18 Å². The summed E-state index contributed by atoms with van der Waals surface area (Å²) in [5.41, 5.74) is 2.06. The molecule has 0 saturated heterocycles. The molecule has 3 aromatic carbocycles. The highest BCUT2D eigenvalue weighted by Crippen LogP contribution is 2.28. The van der Waals surface area contributed by atoms with Crippen molar-refractivity contribution in [2.45, 2.75) is 13.2 Å². The lowest BCUT2D eigenvalue weighted by molar-refractivity contribution is 0.102. The van der Waals surface area contributed by atoms with Gasteiger partial charge in [-0.25, -0.2) is 4.39 Å². The van der Waals surface area contributed by atoms with Crippen LogP contribution < -0.4 is 10.1 Å². The van der Waals surface area contributed by atoms with Gasteiger partial charge in [-0.05, 0) is 53.6 Å². The summed E-state index contributed by atoms with van der Waals surface area (Å²) in [7, 11) is 0. The number of hydrogen-bond acceptors (Lipinski definition) is 3. The van der Waals surface area contributed by atoms with Crippen molar-refractivity contribution in [3.8, 4) is 5.75 Å². The van der Waals surface area contributed by atoms with Crippen molar-refractivity contribution in [1.82, 2.24) is 9.78 Å². The first-order chi connectivity index (χ1) is 15.9. The number of carbonyl (C=O) groups is 1. The monoisotopic (exact) mass is 503 g/mol. The normalized spacial score (nSPS) is 10.8. The molecule has 4 aromatic rings. The van der Waals surface area contributed by atoms with Crippen molar-refractivity contribution in [2.24, 2.45) is 0 Å². The van der Waals surface area contributed by atoms with Gasteiger partial charge in [0.1, 0.15) is 18.2 Å². The van der Waals surface area contributed by atoms with Gasteiger partial charge in [-0.15, -0.1) is 0 Å². The molecule has 0 aliphatic rings. The van der Waals surface area contributed by atoms with Crippen LogP contribution >= 0.6 is 34.8 Å². The van der Waals surface area contributed by atoms with E-state index in [1.807, 2.05) is 0 Å². The Hall–Kier alpha value is -3.06. The number of rotatable bonds is 7. The number of hydrogen-bond donors (Lipinski definition) is 1. The number of ether oxygens (including phenoxy) is 1. The van der Waals surface area contributed by atoms with Gasteiger partial charge in [-0.1, -0.05) is 53.0 Å². The molecule has 9 heteroatoms. The average Bonchev–Trinajstić information content (AvgIpc) is 3.22. The van der Waals surface area contributed by atoms with E-state index in [1.54, 1.807) is 65.5 Å². The van der Waals surface area contributed by atoms with Gasteiger partial charge >= 0.3 is 0 Å². The number of amides is 1. The van der Waals surface area contributed by atoms with Crippen molar-refractivity contribution < 1.29 is 13.9 Å². The van der Waals surface area contributed by atoms with E-state index in [4.69, 9.17) is 39.5 Å². The maximum Gasteiger partial charge on any atom is 0.256 e. The summed E-state index contributed by atoms with van der Waals surface area (Å²) >= 11 is 18.1. The number of nitrogens with zero attached hydrogens (tertiary/aromatic N) is 2. The second kappa shape index (κ2) is 10.3. The van der Waals surface area contributed by atoms with Gasteiger partial charge < -0.3 is 10.1 Å². The van der Waals surface area contributed by atoms with Crippen LogP contribution in [0.25, 0.3) is 0 Å². The highest BCUT2D eigenvalue weighted by molar-refractivity contribution is 6.35. The Morgan fingerprint density at radius 2 is 1.76 bits per heavy atom. The van der Waals surface area contributed by atoms with Crippen LogP contribution in [0, 0.1) is 5.82 Å². The number of anilines is 1. The largest absolute Gasteiger partial charge is 0.487 e. The van der Waals surface area contributed by atoms with E-state index in [-0.39, 0.29) is 5.91 Å². The fourth-order valence-electron chi connectivity index (χ4n) is 3.04. The summed E-state index contributed by atoms with van der Waals surface area (Å²) in [5, 5.41) is 8.36. The molecule has 1 amide bonds. The summed E-state index contributed by atoms with van der Waals surface area (Å²) in [6, 6.07) is 17.9. The van der Waals surface area contributed by atoms with Gasteiger partial charge in [-0.3, -0.25) is 9.48 Å². The van der Waals surface area contributed by atoms with Crippen LogP contribution in [0.5, 0.6) is 5.75 Å². The smallest absolute Gasteiger partial charge is 0.256 e. The topological polar surface area (TPSA) is 56.2 Å². The maximum absolute atomic E-state index is 13.2. The molecule has 1 N–H and O–H groups in total. The minimum Gasteiger partial charge on any atom is -0.487 e. The summed E-state index contributed by atoms with van der Waals surface area (Å²) in [6.07, 6.45) is 1.71. The molecule has 0 spiro atoms. The molecule has 0 atom stereocenters. The Bertz CT molecular complexity index is 1290. The van der Waals surface area contributed by atoms with Gasteiger partial charge in [-0.2, -0.15) is 5.10 Å². The molecule has 4 rings (SSSR count). The van der Waals surface area contributed by atoms with Crippen LogP contribution in [0.2, 0.25) is 15.1 Å². The van der Waals surface area contributed by atoms with Crippen molar-refractivity contribution >= 4 is 46.5 Å². The summed E-state index contributed by atoms with van der Waals surface area (Å²) in [4.78, 5) is 12.6. The van der Waals surface area contributed by atoms with Gasteiger partial charge in [0, 0.05) is 27.9 Å². The molecule has 5 nitrogen and oxygen atoms in total. The first-order valence-corrected chi connectivity index (χ1v) is 11.0. The molecule has 1 heterocycles. The predicted octanol–water partition coefficient (Wildman–Crippen LogP) is 6.86. The molecule has 33 heavy (non-hydrogen) atoms. The van der Waals surface area contributed by atoms with Crippen LogP contribution in [0.15, 0.2) is 72.9 Å². The van der Waals surface area contributed by atoms with E-state index in [0.29, 0.717) is 45.4 Å². The van der Waals surface area contributed by atoms with E-state index < -0.39 is 5.82 Å². The predicted molar refractivity (Wildman–Crippen MR) is 128 cm³/mol. The number of nitrogens with one attached hydrogen (secondary N) is 1. The molecule has 0 radical (unpaired) electrons. The Morgan fingerprint density at radius 1 is 0.970 bits per heavy atom. The molecule has 0 bridgehead atoms. The van der Waals surface area contributed by atoms with Crippen LogP contribution in [-0.2, 0) is 13.2 Å². The number of aromatic nitrogens is 2. The highest BCUT2D eigenvalue weighted by atomic mass is 35.5. The Kier molecular flexibility index (Phi) is 7.18. The van der Waals surface area contributed by atoms with Crippen molar-refractivity contribution in [3.05, 3.63) is 111 Å². The van der Waals surface area contributed by atoms with Crippen molar-refractivity contribution in [2.75, 3.05) is 5.32 Å². The molecule has 0 saturated carbocycles. The maximum atomic E-state index is 13.2. The molecule has 1 aromatic heterocycles. The second-order valence-corrected chi connectivity index (χ2v) is 8.40. The number of carbonyl (C=O) groups excluding carboxylic acids is 1. The lowest BCUT2D eigenvalue weighted by Crippen LogP contribution is -2.13. The van der Waals surface area contributed by atoms with Crippen LogP contribution in [0.3, 0.4) is 0 Å². The summed E-state index contributed by atoms with van der Waals surface area (Å²) in [6.45, 7) is 0.640. The standard InChI is InChI=1S/C24H17Cl3FN3O2/c25-18-6-8-22(21(27)11-18)33-14-15-1-3-16(4-2-15)24(32)29-23-9-10-31(30-23)13-17-5-7-19(28)12-20(17)26/h1-12H,13-14H2,(H,29,30,32). The van der Waals surface area contributed by atoms with E-state index in [0.717, 1.165) is 11.1 Å². The molecule has 0 unspecified atom stereocenters. The Balaban J connectivity index is 1.34. The third kappa shape index (κ3) is 6.05. The van der Waals surface area contributed by atoms with Gasteiger partial charge in [0.15, 0.2) is 5.82 Å². The summed E-state index contributed by atoms with van der Waals surface area (Å²) < 4.78 is 20.5. The van der Waals surface area contributed by atoms with E-state index >= 15 is 0 Å². The average molecular weight is 505 g/mol. The molecular weight excluding hydrogens is 488 g/mol. The molecule has 0 fully saturated rings. The number of benzene rings is 3. The molecule has 0 aliphatic carbocycles. The Morgan fingerprint density at radius 3 is 2.48 bits per heavy atom. The second-order valence-electron chi connectivity index (χ2n) is 7.15. The molecule has 0 aliphatic heterocycles. The van der Waals surface area contributed by atoms with Crippen LogP contribution in [0.4, 0.5) is 10.2 Å². The lowest BCUT2D eigenvalue weighted by Gasteiger charge is -2.09. The first kappa shape index (κ1) is 23.1. The molecule has 168 valence electrons. The minimum atomic E-state index is -0.400. The van der Waals surface area contributed by atoms with Crippen LogP contribution in [-0.4, -0.2) is 15.7 Å². The van der Waals surface area contributed by atoms with Gasteiger partial charge in [0.2, 0.25) is 0 Å². The van der Waals surface area contributed by atoms with Crippen molar-refractivity contribution in [1.29, 1.82) is 0 Å². The lowest BCUT2D eigenvalue weighted by atomic mass is 10.1. The quantitative estimate of drug-likeness (QED) is 0.299. The minimum absolute atomic E-state index is 0.291. The zero-order valence-corrected chi connectivity index (χ0v) is 19.3. The third-order valence-electron chi connectivity index (χ3n) is 4.73. The zero-order chi connectivity index (χ0) is 23.4. The van der Waals surface area contributed by atoms with Gasteiger partial charge in [0.05, 0.1) is 11.6 Å². The molecular formula is C24H17Cl3FN3O2. The van der Waals surface area contributed by atoms with E-state index in [2.05, 4.69) is 10.4 Å². The SMILES string of the molecule is O=C(Nc1ccn(Cc2ccc(F)cc2Cl)n1)c1ccc(COc2ccc(Cl)cc2Cl)cc1. The van der Waals surface area contributed by atoms with Crippen molar-refractivity contribution in [3.63, 3.8) is 0 Å². The fraction of sp³-hybridized carbons (Fsp3) is 0.0833. The van der Waals surface area contributed by atoms with Gasteiger partial charge in [0.25, 0.3) is 5.91 Å². The fourth-order valence-corrected chi connectivity index (χ4v) is 3.73. The Labute approximate surface area is 204 Å². The summed E-state index contributed by atoms with van der Waals surface area (Å²) in [5.74, 6) is 0.222. The van der Waals surface area contributed by atoms with E-state index in [1.165, 1.54) is 12.1 Å². The number of halogens is 4. The first-order valence-electron chi connectivity index (χ1n) is 9.83.